The van der Waals surface area contributed by atoms with Crippen LogP contribution in [0.1, 0.15) is 23.6 Å². The summed E-state index contributed by atoms with van der Waals surface area (Å²) in [5.41, 5.74) is 1.49. The quantitative estimate of drug-likeness (QED) is 0.782. The highest BCUT2D eigenvalue weighted by Crippen LogP contribution is 2.23. The molecular weight excluding hydrogens is 194 g/mol. The first-order valence-electron chi connectivity index (χ1n) is 4.55. The second-order valence-electron chi connectivity index (χ2n) is 3.17. The first-order chi connectivity index (χ1) is 7.08. The molecule has 78 valence electrons. The molecule has 4 nitrogen and oxygen atoms in total. The first-order valence-corrected chi connectivity index (χ1v) is 4.55. The summed E-state index contributed by atoms with van der Waals surface area (Å²) in [4.78, 5) is 10.5. The van der Waals surface area contributed by atoms with Crippen molar-refractivity contribution in [2.24, 2.45) is 0 Å². The van der Waals surface area contributed by atoms with Gasteiger partial charge in [0.1, 0.15) is 5.75 Å². The monoisotopic (exact) mass is 205 g/mol. The minimum Gasteiger partial charge on any atom is -0.508 e. The van der Waals surface area contributed by atoms with Crippen LogP contribution in [0.2, 0.25) is 0 Å². The standard InChI is InChI=1S/C11H11NO3/c1-2-7-3-8(5-11(14)15)10(13)4-9(7)6-12/h3-4,13H,2,5H2,1H3,(H,14,15). The molecule has 0 heterocycles. The van der Waals surface area contributed by atoms with Crippen LogP contribution in [0.4, 0.5) is 0 Å². The molecule has 1 aromatic rings. The molecule has 0 saturated carbocycles. The molecule has 0 bridgehead atoms. The zero-order chi connectivity index (χ0) is 11.4. The van der Waals surface area contributed by atoms with Crippen molar-refractivity contribution in [2.75, 3.05) is 0 Å². The number of aryl methyl sites for hydroxylation is 1. The third kappa shape index (κ3) is 2.47. The number of phenols is 1. The fraction of sp³-hybridized carbons (Fsp3) is 0.273. The Morgan fingerprint density at radius 3 is 2.60 bits per heavy atom. The number of aliphatic carboxylic acids is 1. The molecular formula is C11H11NO3. The van der Waals surface area contributed by atoms with Crippen molar-refractivity contribution in [3.05, 3.63) is 28.8 Å². The van der Waals surface area contributed by atoms with Crippen LogP contribution in [-0.2, 0) is 17.6 Å². The van der Waals surface area contributed by atoms with Gasteiger partial charge in [0.25, 0.3) is 0 Å². The second-order valence-corrected chi connectivity index (χ2v) is 3.17. The molecule has 0 unspecified atom stereocenters. The SMILES string of the molecule is CCc1cc(CC(=O)O)c(O)cc1C#N. The summed E-state index contributed by atoms with van der Waals surface area (Å²) in [5.74, 6) is -1.14. The van der Waals surface area contributed by atoms with Gasteiger partial charge in [-0.1, -0.05) is 13.0 Å². The van der Waals surface area contributed by atoms with Crippen molar-refractivity contribution in [2.45, 2.75) is 19.8 Å². The zero-order valence-electron chi connectivity index (χ0n) is 8.32. The summed E-state index contributed by atoms with van der Waals surface area (Å²) in [6.07, 6.45) is 0.403. The number of phenolic OH excluding ortho intramolecular Hbond substituents is 1. The van der Waals surface area contributed by atoms with Crippen molar-refractivity contribution >= 4 is 5.97 Å². The number of hydrogen-bond acceptors (Lipinski definition) is 3. The van der Waals surface area contributed by atoms with Crippen molar-refractivity contribution < 1.29 is 15.0 Å². The Morgan fingerprint density at radius 1 is 1.47 bits per heavy atom. The Bertz CT molecular complexity index is 432. The van der Waals surface area contributed by atoms with Crippen molar-refractivity contribution in [1.82, 2.24) is 0 Å². The van der Waals surface area contributed by atoms with Crippen LogP contribution >= 0.6 is 0 Å². The normalized spacial score (nSPS) is 9.60. The summed E-state index contributed by atoms with van der Waals surface area (Å²) < 4.78 is 0. The van der Waals surface area contributed by atoms with Gasteiger partial charge in [-0.25, -0.2) is 0 Å². The summed E-state index contributed by atoms with van der Waals surface area (Å²) in [7, 11) is 0. The minimum atomic E-state index is -1.00. The van der Waals surface area contributed by atoms with Gasteiger partial charge in [-0.15, -0.1) is 0 Å². The number of nitrogens with zero attached hydrogens (tertiary/aromatic N) is 1. The van der Waals surface area contributed by atoms with E-state index in [1.807, 2.05) is 13.0 Å². The second kappa shape index (κ2) is 4.47. The van der Waals surface area contributed by atoms with Gasteiger partial charge in [-0.3, -0.25) is 4.79 Å². The van der Waals surface area contributed by atoms with Gasteiger partial charge in [-0.05, 0) is 18.1 Å². The van der Waals surface area contributed by atoms with Crippen LogP contribution in [0.3, 0.4) is 0 Å². The number of nitriles is 1. The number of carboxylic acid groups (broad SMARTS) is 1. The molecule has 1 rings (SSSR count). The zero-order valence-corrected chi connectivity index (χ0v) is 8.32. The van der Waals surface area contributed by atoms with Gasteiger partial charge < -0.3 is 10.2 Å². The summed E-state index contributed by atoms with van der Waals surface area (Å²) >= 11 is 0. The highest BCUT2D eigenvalue weighted by atomic mass is 16.4. The maximum atomic E-state index is 10.5. The lowest BCUT2D eigenvalue weighted by atomic mass is 10.00. The molecule has 0 aliphatic carbocycles. The van der Waals surface area contributed by atoms with Gasteiger partial charge in [0.05, 0.1) is 18.1 Å². The molecule has 4 heteroatoms. The van der Waals surface area contributed by atoms with Crippen LogP contribution in [-0.4, -0.2) is 16.2 Å². The number of aromatic hydroxyl groups is 1. The van der Waals surface area contributed by atoms with Crippen LogP contribution in [0.25, 0.3) is 0 Å². The molecule has 2 N–H and O–H groups in total. The lowest BCUT2D eigenvalue weighted by Crippen LogP contribution is -2.02. The number of carboxylic acids is 1. The molecule has 0 atom stereocenters. The van der Waals surface area contributed by atoms with E-state index >= 15 is 0 Å². The van der Waals surface area contributed by atoms with E-state index < -0.39 is 5.97 Å². The van der Waals surface area contributed by atoms with Crippen LogP contribution < -0.4 is 0 Å². The molecule has 0 fully saturated rings. The van der Waals surface area contributed by atoms with Crippen LogP contribution in [0.15, 0.2) is 12.1 Å². The Balaban J connectivity index is 3.21. The highest BCUT2D eigenvalue weighted by molar-refractivity contribution is 5.71. The minimum absolute atomic E-state index is 0.133. The highest BCUT2D eigenvalue weighted by Gasteiger charge is 2.10. The van der Waals surface area contributed by atoms with E-state index in [4.69, 9.17) is 10.4 Å². The fourth-order valence-corrected chi connectivity index (χ4v) is 1.39. The Hall–Kier alpha value is -2.02. The number of benzene rings is 1. The largest absolute Gasteiger partial charge is 0.508 e. The van der Waals surface area contributed by atoms with Crippen molar-refractivity contribution in [3.63, 3.8) is 0 Å². The molecule has 0 saturated heterocycles. The average Bonchev–Trinajstić information content (AvgIpc) is 2.19. The Kier molecular flexibility index (Phi) is 3.29. The molecule has 1 aromatic carbocycles. The third-order valence-electron chi connectivity index (χ3n) is 2.15. The summed E-state index contributed by atoms with van der Waals surface area (Å²) in [6.45, 7) is 1.87. The fourth-order valence-electron chi connectivity index (χ4n) is 1.39. The van der Waals surface area contributed by atoms with Crippen LogP contribution in [0, 0.1) is 11.3 Å². The average molecular weight is 205 g/mol. The van der Waals surface area contributed by atoms with Gasteiger partial charge in [-0.2, -0.15) is 5.26 Å². The van der Waals surface area contributed by atoms with Gasteiger partial charge in [0.15, 0.2) is 0 Å². The third-order valence-corrected chi connectivity index (χ3v) is 2.15. The smallest absolute Gasteiger partial charge is 0.307 e. The van der Waals surface area contributed by atoms with E-state index in [2.05, 4.69) is 0 Å². The van der Waals surface area contributed by atoms with Gasteiger partial charge in [0.2, 0.25) is 0 Å². The molecule has 15 heavy (non-hydrogen) atoms. The topological polar surface area (TPSA) is 81.3 Å². The molecule has 0 radical (unpaired) electrons. The Labute approximate surface area is 87.4 Å². The van der Waals surface area contributed by atoms with Crippen molar-refractivity contribution in [1.29, 1.82) is 5.26 Å². The van der Waals surface area contributed by atoms with E-state index in [0.29, 0.717) is 17.5 Å². The lowest BCUT2D eigenvalue weighted by molar-refractivity contribution is -0.136. The number of carbonyl (C=O) groups is 1. The molecule has 0 aliphatic rings. The number of hydrogen-bond donors (Lipinski definition) is 2. The Morgan fingerprint density at radius 2 is 2.13 bits per heavy atom. The van der Waals surface area contributed by atoms with Gasteiger partial charge in [0, 0.05) is 5.56 Å². The van der Waals surface area contributed by atoms with Gasteiger partial charge >= 0.3 is 5.97 Å². The molecule has 0 amide bonds. The maximum absolute atomic E-state index is 10.5. The maximum Gasteiger partial charge on any atom is 0.307 e. The lowest BCUT2D eigenvalue weighted by Gasteiger charge is -2.06. The molecule has 0 spiro atoms. The predicted molar refractivity (Wildman–Crippen MR) is 53.5 cm³/mol. The van der Waals surface area contributed by atoms with E-state index in [1.54, 1.807) is 6.07 Å². The number of rotatable bonds is 3. The van der Waals surface area contributed by atoms with E-state index in [-0.39, 0.29) is 12.2 Å². The van der Waals surface area contributed by atoms with Crippen LogP contribution in [0.5, 0.6) is 5.75 Å². The summed E-state index contributed by atoms with van der Waals surface area (Å²) in [5, 5.41) is 26.9. The van der Waals surface area contributed by atoms with E-state index in [1.165, 1.54) is 6.07 Å². The molecule has 0 aliphatic heterocycles. The molecule has 0 aromatic heterocycles. The predicted octanol–water partition coefficient (Wildman–Crippen LogP) is 1.45. The van der Waals surface area contributed by atoms with E-state index in [0.717, 1.165) is 5.56 Å². The van der Waals surface area contributed by atoms with E-state index in [9.17, 15) is 9.90 Å². The van der Waals surface area contributed by atoms with Crippen molar-refractivity contribution in [3.8, 4) is 11.8 Å². The summed E-state index contributed by atoms with van der Waals surface area (Å²) in [6, 6.07) is 4.85. The first kappa shape index (κ1) is 11.1.